The lowest BCUT2D eigenvalue weighted by atomic mass is 9.88. The van der Waals surface area contributed by atoms with E-state index in [9.17, 15) is 26.3 Å². The molecule has 4 N–H and O–H groups in total. The molecule has 45 heavy (non-hydrogen) atoms. The Kier molecular flexibility index (Phi) is 6.74. The van der Waals surface area contributed by atoms with Crippen molar-refractivity contribution in [3.8, 4) is 41.7 Å². The van der Waals surface area contributed by atoms with Crippen LogP contribution in [0.15, 0.2) is 84.5 Å². The SMILES string of the molecule is CC1=C(c2cc(C3=C(C#N)c4cc(C#N)ccc4/C3=C(\N)C#N)cc(-c3ncccn3)c2)/C(=C(\N)C#N)c2ccc(C#N)cc21. The van der Waals surface area contributed by atoms with Crippen molar-refractivity contribution >= 4 is 33.4 Å². The first-order valence-corrected chi connectivity index (χ1v) is 13.5. The largest absolute Gasteiger partial charge is 0.390 e. The molecule has 9 nitrogen and oxygen atoms in total. The molecule has 1 heterocycles. The van der Waals surface area contributed by atoms with Gasteiger partial charge in [-0.15, -0.1) is 0 Å². The van der Waals surface area contributed by atoms with Crippen molar-refractivity contribution in [3.05, 3.63) is 129 Å². The zero-order valence-corrected chi connectivity index (χ0v) is 23.7. The van der Waals surface area contributed by atoms with Crippen molar-refractivity contribution < 1.29 is 0 Å². The van der Waals surface area contributed by atoms with Gasteiger partial charge in [0.15, 0.2) is 5.82 Å². The van der Waals surface area contributed by atoms with Crippen molar-refractivity contribution in [2.75, 3.05) is 0 Å². The Morgan fingerprint density at radius 2 is 1.11 bits per heavy atom. The molecule has 0 fully saturated rings. The van der Waals surface area contributed by atoms with Crippen LogP contribution in [0.5, 0.6) is 0 Å². The summed E-state index contributed by atoms with van der Waals surface area (Å²) < 4.78 is 0. The predicted molar refractivity (Wildman–Crippen MR) is 168 cm³/mol. The molecule has 0 radical (unpaired) electrons. The third-order valence-corrected chi connectivity index (χ3v) is 7.86. The maximum Gasteiger partial charge on any atom is 0.159 e. The summed E-state index contributed by atoms with van der Waals surface area (Å²) in [5.41, 5.74) is 20.7. The van der Waals surface area contributed by atoms with Gasteiger partial charge >= 0.3 is 0 Å². The average molecular weight is 578 g/mol. The Morgan fingerprint density at radius 3 is 1.67 bits per heavy atom. The number of allylic oxidation sites excluding steroid dienone is 8. The Balaban J connectivity index is 1.72. The zero-order valence-electron chi connectivity index (χ0n) is 23.7. The summed E-state index contributed by atoms with van der Waals surface area (Å²) in [7, 11) is 0. The Bertz CT molecular complexity index is 2340. The molecule has 0 saturated carbocycles. The van der Waals surface area contributed by atoms with E-state index in [1.165, 1.54) is 0 Å². The van der Waals surface area contributed by atoms with E-state index >= 15 is 0 Å². The summed E-state index contributed by atoms with van der Waals surface area (Å²) in [4.78, 5) is 8.90. The fourth-order valence-electron chi connectivity index (χ4n) is 5.96. The summed E-state index contributed by atoms with van der Waals surface area (Å²) in [5, 5.41) is 49.4. The molecule has 0 unspecified atom stereocenters. The van der Waals surface area contributed by atoms with Gasteiger partial charge < -0.3 is 11.5 Å². The minimum Gasteiger partial charge on any atom is -0.390 e. The van der Waals surface area contributed by atoms with Crippen molar-refractivity contribution in [1.82, 2.24) is 9.97 Å². The summed E-state index contributed by atoms with van der Waals surface area (Å²) in [6, 6.07) is 28.0. The summed E-state index contributed by atoms with van der Waals surface area (Å²) in [6.45, 7) is 1.89. The molecule has 6 rings (SSSR count). The van der Waals surface area contributed by atoms with Crippen LogP contribution in [-0.2, 0) is 0 Å². The molecule has 0 saturated heterocycles. The maximum atomic E-state index is 10.4. The number of fused-ring (bicyclic) bond motifs is 2. The molecular formula is C36H19N9. The van der Waals surface area contributed by atoms with Gasteiger partial charge in [-0.1, -0.05) is 12.1 Å². The van der Waals surface area contributed by atoms with Crippen LogP contribution in [0.3, 0.4) is 0 Å². The van der Waals surface area contributed by atoms with Crippen LogP contribution in [0.4, 0.5) is 0 Å². The van der Waals surface area contributed by atoms with Gasteiger partial charge in [0.1, 0.15) is 29.6 Å². The zero-order chi connectivity index (χ0) is 31.8. The molecule has 3 aromatic carbocycles. The van der Waals surface area contributed by atoms with Gasteiger partial charge in [-0.25, -0.2) is 9.97 Å². The van der Waals surface area contributed by atoms with Crippen LogP contribution in [-0.4, -0.2) is 9.97 Å². The number of nitriles is 5. The van der Waals surface area contributed by atoms with Crippen molar-refractivity contribution in [3.63, 3.8) is 0 Å². The van der Waals surface area contributed by atoms with Crippen molar-refractivity contribution in [2.45, 2.75) is 6.92 Å². The standard InChI is InChI=1S/C36H19N9/c1-19-27-9-20(14-37)3-5-25(27)34(30(42)17-40)32(19)22-11-23(13-24(12-22)36-44-7-2-8-45-36)33-29(16-39)28-10-21(15-38)4-6-26(28)35(33)31(43)18-41/h2-13H,42-43H2,1H3/b34-30-,35-31+. The molecular weight excluding hydrogens is 558 g/mol. The normalized spacial score (nSPS) is 15.2. The molecule has 2 aliphatic rings. The van der Waals surface area contributed by atoms with Gasteiger partial charge in [-0.2, -0.15) is 26.3 Å². The number of nitrogens with two attached hydrogens (primary N) is 2. The van der Waals surface area contributed by atoms with Gasteiger partial charge in [0.05, 0.1) is 28.8 Å². The molecule has 0 amide bonds. The van der Waals surface area contributed by atoms with Gasteiger partial charge in [-0.05, 0) is 94.4 Å². The Labute approximate surface area is 258 Å². The van der Waals surface area contributed by atoms with E-state index < -0.39 is 0 Å². The number of hydrogen-bond acceptors (Lipinski definition) is 9. The molecule has 2 aliphatic carbocycles. The third-order valence-electron chi connectivity index (χ3n) is 7.86. The lowest BCUT2D eigenvalue weighted by Crippen LogP contribution is -2.03. The Morgan fingerprint density at radius 1 is 0.600 bits per heavy atom. The molecule has 1 aromatic heterocycles. The summed E-state index contributed by atoms with van der Waals surface area (Å²) in [6.07, 6.45) is 3.22. The molecule has 4 aromatic rings. The number of aromatic nitrogens is 2. The third kappa shape index (κ3) is 4.37. The lowest BCUT2D eigenvalue weighted by molar-refractivity contribution is 1.17. The topological polar surface area (TPSA) is 197 Å². The average Bonchev–Trinajstić information content (AvgIpc) is 3.58. The fraction of sp³-hybridized carbons (Fsp3) is 0.0278. The van der Waals surface area contributed by atoms with Crippen molar-refractivity contribution in [2.24, 2.45) is 11.5 Å². The van der Waals surface area contributed by atoms with Crippen molar-refractivity contribution in [1.29, 1.82) is 26.3 Å². The van der Waals surface area contributed by atoms with E-state index in [1.807, 2.05) is 31.2 Å². The van der Waals surface area contributed by atoms with E-state index in [0.29, 0.717) is 72.6 Å². The highest BCUT2D eigenvalue weighted by atomic mass is 14.8. The minimum absolute atomic E-state index is 0.000680. The summed E-state index contributed by atoms with van der Waals surface area (Å²) in [5.74, 6) is 0.403. The van der Waals surface area contributed by atoms with Crippen LogP contribution >= 0.6 is 0 Å². The number of hydrogen-bond donors (Lipinski definition) is 2. The second-order valence-corrected chi connectivity index (χ2v) is 10.3. The van der Waals surface area contributed by atoms with Crippen LogP contribution in [0.2, 0.25) is 0 Å². The highest BCUT2D eigenvalue weighted by Gasteiger charge is 2.33. The van der Waals surface area contributed by atoms with Gasteiger partial charge in [-0.3, -0.25) is 0 Å². The van der Waals surface area contributed by atoms with Crippen LogP contribution in [0.25, 0.3) is 44.8 Å². The van der Waals surface area contributed by atoms with Crippen LogP contribution in [0.1, 0.15) is 51.4 Å². The molecule has 0 aliphatic heterocycles. The molecule has 0 atom stereocenters. The fourth-order valence-corrected chi connectivity index (χ4v) is 5.96. The first-order chi connectivity index (χ1) is 21.8. The summed E-state index contributed by atoms with van der Waals surface area (Å²) >= 11 is 0. The first-order valence-electron chi connectivity index (χ1n) is 13.5. The lowest BCUT2D eigenvalue weighted by Gasteiger charge is -2.16. The molecule has 9 heteroatoms. The van der Waals surface area contributed by atoms with E-state index in [1.54, 1.807) is 54.9 Å². The molecule has 0 bridgehead atoms. The van der Waals surface area contributed by atoms with Crippen LogP contribution in [0, 0.1) is 56.7 Å². The number of nitrogens with zero attached hydrogens (tertiary/aromatic N) is 7. The molecule has 0 spiro atoms. The van der Waals surface area contributed by atoms with Gasteiger partial charge in [0.25, 0.3) is 0 Å². The van der Waals surface area contributed by atoms with E-state index in [-0.39, 0.29) is 17.0 Å². The van der Waals surface area contributed by atoms with Crippen LogP contribution < -0.4 is 11.5 Å². The van der Waals surface area contributed by atoms with E-state index in [2.05, 4.69) is 34.2 Å². The smallest absolute Gasteiger partial charge is 0.159 e. The molecule has 208 valence electrons. The number of benzene rings is 3. The predicted octanol–water partition coefficient (Wildman–Crippen LogP) is 5.67. The monoisotopic (exact) mass is 577 g/mol. The maximum absolute atomic E-state index is 10.4. The Hall–Kier alpha value is -7.25. The minimum atomic E-state index is -0.0915. The quantitative estimate of drug-likeness (QED) is 0.288. The van der Waals surface area contributed by atoms with E-state index in [0.717, 1.165) is 11.1 Å². The highest BCUT2D eigenvalue weighted by molar-refractivity contribution is 6.26. The first kappa shape index (κ1) is 27.9. The number of rotatable bonds is 3. The highest BCUT2D eigenvalue weighted by Crippen LogP contribution is 2.51. The second kappa shape index (κ2) is 10.9. The van der Waals surface area contributed by atoms with Gasteiger partial charge in [0.2, 0.25) is 0 Å². The van der Waals surface area contributed by atoms with Gasteiger partial charge in [0, 0.05) is 40.2 Å². The second-order valence-electron chi connectivity index (χ2n) is 10.3. The van der Waals surface area contributed by atoms with E-state index in [4.69, 9.17) is 11.5 Å².